The van der Waals surface area contributed by atoms with E-state index in [0.717, 1.165) is 17.8 Å². The monoisotopic (exact) mass is 399 g/mol. The van der Waals surface area contributed by atoms with E-state index in [9.17, 15) is 21.6 Å². The fourth-order valence-electron chi connectivity index (χ4n) is 3.12. The number of hydrogen-bond donors (Lipinski definition) is 1. The van der Waals surface area contributed by atoms with Crippen LogP contribution in [0.1, 0.15) is 23.1 Å². The first-order valence-corrected chi connectivity index (χ1v) is 10.1. The van der Waals surface area contributed by atoms with Gasteiger partial charge < -0.3 is 4.90 Å². The zero-order chi connectivity index (χ0) is 19.7. The highest BCUT2D eigenvalue weighted by Crippen LogP contribution is 2.30. The van der Waals surface area contributed by atoms with Crippen molar-refractivity contribution < 1.29 is 21.6 Å². The molecule has 0 spiro atoms. The van der Waals surface area contributed by atoms with Gasteiger partial charge in [-0.25, -0.2) is 18.1 Å². The second-order valence-electron chi connectivity index (χ2n) is 6.70. The highest BCUT2D eigenvalue weighted by atomic mass is 32.2. The summed E-state index contributed by atoms with van der Waals surface area (Å²) in [5.74, 6) is 0.298. The van der Waals surface area contributed by atoms with Gasteiger partial charge in [0.05, 0.1) is 11.3 Å². The van der Waals surface area contributed by atoms with Gasteiger partial charge in [-0.05, 0) is 31.0 Å². The van der Waals surface area contributed by atoms with Gasteiger partial charge in [0.2, 0.25) is 10.0 Å². The van der Waals surface area contributed by atoms with E-state index in [1.165, 1.54) is 6.07 Å². The minimum atomic E-state index is -4.43. The number of aryl methyl sites for hydroxylation is 1. The maximum atomic E-state index is 12.6. The quantitative estimate of drug-likeness (QED) is 0.839. The summed E-state index contributed by atoms with van der Waals surface area (Å²) in [6, 6.07) is 9.29. The number of nitrogens with zero attached hydrogens (tertiary/aromatic N) is 2. The minimum absolute atomic E-state index is 0.107. The lowest BCUT2D eigenvalue weighted by Crippen LogP contribution is -2.37. The molecule has 27 heavy (non-hydrogen) atoms. The van der Waals surface area contributed by atoms with Crippen molar-refractivity contribution in [1.82, 2.24) is 9.71 Å². The van der Waals surface area contributed by atoms with Crippen LogP contribution in [0, 0.1) is 6.92 Å². The zero-order valence-corrected chi connectivity index (χ0v) is 15.5. The van der Waals surface area contributed by atoms with E-state index >= 15 is 0 Å². The van der Waals surface area contributed by atoms with Gasteiger partial charge in [0.15, 0.2) is 0 Å². The molecule has 0 amide bonds. The molecule has 1 atom stereocenters. The van der Waals surface area contributed by atoms with Crippen molar-refractivity contribution >= 4 is 15.8 Å². The van der Waals surface area contributed by atoms with E-state index in [1.807, 2.05) is 25.1 Å². The summed E-state index contributed by atoms with van der Waals surface area (Å²) in [7, 11) is -3.51. The summed E-state index contributed by atoms with van der Waals surface area (Å²) < 4.78 is 65.3. The van der Waals surface area contributed by atoms with Crippen molar-refractivity contribution in [3.05, 3.63) is 59.3 Å². The van der Waals surface area contributed by atoms with Crippen molar-refractivity contribution in [2.45, 2.75) is 31.3 Å². The van der Waals surface area contributed by atoms with Crippen molar-refractivity contribution in [2.24, 2.45) is 0 Å². The molecular weight excluding hydrogens is 379 g/mol. The topological polar surface area (TPSA) is 62.3 Å². The number of sulfonamides is 1. The number of pyridine rings is 1. The van der Waals surface area contributed by atoms with Gasteiger partial charge in [-0.15, -0.1) is 0 Å². The third kappa shape index (κ3) is 5.20. The van der Waals surface area contributed by atoms with Crippen LogP contribution in [0.15, 0.2) is 42.6 Å². The normalized spacial score (nSPS) is 18.1. The Morgan fingerprint density at radius 3 is 2.67 bits per heavy atom. The van der Waals surface area contributed by atoms with Gasteiger partial charge in [0, 0.05) is 25.3 Å². The third-order valence-electron chi connectivity index (χ3n) is 4.37. The maximum Gasteiger partial charge on any atom is 0.417 e. The van der Waals surface area contributed by atoms with Crippen LogP contribution >= 0.6 is 0 Å². The molecule has 1 fully saturated rings. The summed E-state index contributed by atoms with van der Waals surface area (Å²) in [4.78, 5) is 5.64. The Bertz CT molecular complexity index is 899. The Balaban J connectivity index is 1.60. The molecule has 1 aliphatic heterocycles. The molecule has 0 saturated carbocycles. The molecule has 3 rings (SSSR count). The molecular formula is C18H20F3N3O2S. The summed E-state index contributed by atoms with van der Waals surface area (Å²) in [6.45, 7) is 2.79. The predicted molar refractivity (Wildman–Crippen MR) is 96.8 cm³/mol. The Kier molecular flexibility index (Phi) is 5.43. The van der Waals surface area contributed by atoms with E-state index in [2.05, 4.69) is 9.71 Å². The number of anilines is 1. The number of halogens is 3. The standard InChI is InChI=1S/C18H20F3N3O2S/c1-13-3-2-4-14(9-13)12-27(25,26)23-16-7-8-24(11-16)17-6-5-15(10-22-17)18(19,20)21/h2-6,9-10,16,23H,7-8,11-12H2,1H3. The van der Waals surface area contributed by atoms with Crippen LogP contribution in [0.5, 0.6) is 0 Å². The van der Waals surface area contributed by atoms with Crippen LogP contribution in [-0.4, -0.2) is 32.5 Å². The van der Waals surface area contributed by atoms with Crippen molar-refractivity contribution in [3.63, 3.8) is 0 Å². The number of hydrogen-bond acceptors (Lipinski definition) is 4. The van der Waals surface area contributed by atoms with Gasteiger partial charge in [-0.1, -0.05) is 29.8 Å². The van der Waals surface area contributed by atoms with Crippen LogP contribution in [-0.2, 0) is 22.0 Å². The maximum absolute atomic E-state index is 12.6. The lowest BCUT2D eigenvalue weighted by Gasteiger charge is -2.18. The number of benzene rings is 1. The summed E-state index contributed by atoms with van der Waals surface area (Å²) in [6.07, 6.45) is -3.06. The number of alkyl halides is 3. The second kappa shape index (κ2) is 7.47. The van der Waals surface area contributed by atoms with E-state index in [4.69, 9.17) is 0 Å². The highest BCUT2D eigenvalue weighted by molar-refractivity contribution is 7.88. The number of rotatable bonds is 5. The van der Waals surface area contributed by atoms with Gasteiger partial charge in [-0.2, -0.15) is 13.2 Å². The molecule has 2 aromatic rings. The predicted octanol–water partition coefficient (Wildman–Crippen LogP) is 3.11. The molecule has 1 aliphatic rings. The third-order valence-corrected chi connectivity index (χ3v) is 5.78. The van der Waals surface area contributed by atoms with E-state index in [-0.39, 0.29) is 11.8 Å². The molecule has 146 valence electrons. The molecule has 0 radical (unpaired) electrons. The van der Waals surface area contributed by atoms with E-state index < -0.39 is 21.8 Å². The SMILES string of the molecule is Cc1cccc(CS(=O)(=O)NC2CCN(c3ccc(C(F)(F)F)cn3)C2)c1. The fraction of sp³-hybridized carbons (Fsp3) is 0.389. The first-order chi connectivity index (χ1) is 12.6. The number of nitrogens with one attached hydrogen (secondary N) is 1. The minimum Gasteiger partial charge on any atom is -0.355 e. The number of aromatic nitrogens is 1. The lowest BCUT2D eigenvalue weighted by molar-refractivity contribution is -0.137. The van der Waals surface area contributed by atoms with E-state index in [1.54, 1.807) is 11.0 Å². The fourth-order valence-corrected chi connectivity index (χ4v) is 4.52. The summed E-state index contributed by atoms with van der Waals surface area (Å²) in [5, 5.41) is 0. The molecule has 1 aromatic carbocycles. The second-order valence-corrected chi connectivity index (χ2v) is 8.45. The van der Waals surface area contributed by atoms with Crippen LogP contribution in [0.2, 0.25) is 0 Å². The van der Waals surface area contributed by atoms with Gasteiger partial charge in [-0.3, -0.25) is 0 Å². The average Bonchev–Trinajstić information content (AvgIpc) is 3.01. The Hall–Kier alpha value is -2.13. The van der Waals surface area contributed by atoms with Crippen molar-refractivity contribution in [2.75, 3.05) is 18.0 Å². The largest absolute Gasteiger partial charge is 0.417 e. The smallest absolute Gasteiger partial charge is 0.355 e. The van der Waals surface area contributed by atoms with Crippen LogP contribution in [0.25, 0.3) is 0 Å². The molecule has 0 aliphatic carbocycles. The molecule has 1 N–H and O–H groups in total. The molecule has 1 unspecified atom stereocenters. The van der Waals surface area contributed by atoms with Crippen LogP contribution in [0.3, 0.4) is 0 Å². The van der Waals surface area contributed by atoms with E-state index in [0.29, 0.717) is 30.9 Å². The van der Waals surface area contributed by atoms with Gasteiger partial charge in [0.25, 0.3) is 0 Å². The molecule has 0 bridgehead atoms. The summed E-state index contributed by atoms with van der Waals surface area (Å²) >= 11 is 0. The Morgan fingerprint density at radius 1 is 1.26 bits per heavy atom. The first-order valence-electron chi connectivity index (χ1n) is 8.46. The molecule has 5 nitrogen and oxygen atoms in total. The lowest BCUT2D eigenvalue weighted by atomic mass is 10.2. The molecule has 1 aromatic heterocycles. The average molecular weight is 399 g/mol. The summed E-state index contributed by atoms with van der Waals surface area (Å²) in [5.41, 5.74) is 0.894. The highest BCUT2D eigenvalue weighted by Gasteiger charge is 2.32. The van der Waals surface area contributed by atoms with Crippen molar-refractivity contribution in [1.29, 1.82) is 0 Å². The van der Waals surface area contributed by atoms with Gasteiger partial charge >= 0.3 is 6.18 Å². The molecule has 1 saturated heterocycles. The molecule has 2 heterocycles. The van der Waals surface area contributed by atoms with Crippen LogP contribution in [0.4, 0.5) is 19.0 Å². The van der Waals surface area contributed by atoms with Crippen molar-refractivity contribution in [3.8, 4) is 0 Å². The molecule has 9 heteroatoms. The first kappa shape index (κ1) is 19.6. The Labute approximate surface area is 156 Å². The Morgan fingerprint density at radius 2 is 2.04 bits per heavy atom. The van der Waals surface area contributed by atoms with Crippen LogP contribution < -0.4 is 9.62 Å². The van der Waals surface area contributed by atoms with Gasteiger partial charge in [0.1, 0.15) is 5.82 Å². The zero-order valence-electron chi connectivity index (χ0n) is 14.7.